The first-order chi connectivity index (χ1) is 13.8. The van der Waals surface area contributed by atoms with Crippen molar-refractivity contribution in [1.82, 2.24) is 4.57 Å². The Bertz CT molecular complexity index is 1090. The van der Waals surface area contributed by atoms with Gasteiger partial charge < -0.3 is 14.0 Å². The molecule has 6 heteroatoms. The van der Waals surface area contributed by atoms with Gasteiger partial charge in [-0.2, -0.15) is 0 Å². The molecule has 3 rings (SSSR count). The second-order valence-electron chi connectivity index (χ2n) is 7.63. The number of ether oxygens (including phenoxy) is 2. The van der Waals surface area contributed by atoms with E-state index in [0.29, 0.717) is 0 Å². The van der Waals surface area contributed by atoms with E-state index in [1.807, 2.05) is 69.3 Å². The molecule has 1 aromatic heterocycles. The van der Waals surface area contributed by atoms with Gasteiger partial charge in [0.05, 0.1) is 30.8 Å². The van der Waals surface area contributed by atoms with Gasteiger partial charge in [0.1, 0.15) is 5.57 Å². The van der Waals surface area contributed by atoms with Crippen LogP contribution in [0.25, 0.3) is 21.8 Å². The maximum atomic E-state index is 12.9. The lowest BCUT2D eigenvalue weighted by molar-refractivity contribution is -0.146. The molecule has 1 heterocycles. The second-order valence-corrected chi connectivity index (χ2v) is 7.63. The molecule has 0 aliphatic carbocycles. The summed E-state index contributed by atoms with van der Waals surface area (Å²) in [5, 5.41) is 1.93. The highest BCUT2D eigenvalue weighted by Crippen LogP contribution is 2.34. The van der Waals surface area contributed by atoms with Crippen LogP contribution in [0.3, 0.4) is 0 Å². The Kier molecular flexibility index (Phi) is 5.57. The zero-order valence-corrected chi connectivity index (χ0v) is 17.2. The van der Waals surface area contributed by atoms with Gasteiger partial charge in [-0.15, -0.1) is 0 Å². The Morgan fingerprint density at radius 1 is 0.931 bits per heavy atom. The lowest BCUT2D eigenvalue weighted by Gasteiger charge is -2.19. The maximum absolute atomic E-state index is 12.9. The van der Waals surface area contributed by atoms with Crippen molar-refractivity contribution in [1.29, 1.82) is 0 Å². The number of fused-ring (bicyclic) bond motifs is 3. The largest absolute Gasteiger partial charge is 0.467 e. The van der Waals surface area contributed by atoms with Crippen LogP contribution in [0, 0.1) is 0 Å². The van der Waals surface area contributed by atoms with Crippen LogP contribution in [0.5, 0.6) is 0 Å². The highest BCUT2D eigenvalue weighted by atomic mass is 16.5. The summed E-state index contributed by atoms with van der Waals surface area (Å²) in [6, 6.07) is 14.3. The molecule has 1 atom stereocenters. The van der Waals surface area contributed by atoms with Gasteiger partial charge in [0.25, 0.3) is 0 Å². The average Bonchev–Trinajstić information content (AvgIpc) is 3.03. The van der Waals surface area contributed by atoms with Crippen LogP contribution in [0.4, 0.5) is 0 Å². The van der Waals surface area contributed by atoms with Gasteiger partial charge >= 0.3 is 11.9 Å². The number of esters is 2. The highest BCUT2D eigenvalue weighted by Gasteiger charge is 2.34. The Labute approximate surface area is 169 Å². The van der Waals surface area contributed by atoms with Gasteiger partial charge in [-0.25, -0.2) is 14.6 Å². The molecule has 150 valence electrons. The number of para-hydroxylation sites is 2. The minimum atomic E-state index is -1.09. The van der Waals surface area contributed by atoms with Crippen molar-refractivity contribution in [3.8, 4) is 0 Å². The highest BCUT2D eigenvalue weighted by molar-refractivity contribution is 6.11. The fourth-order valence-corrected chi connectivity index (χ4v) is 3.25. The van der Waals surface area contributed by atoms with E-state index in [-0.39, 0.29) is 5.57 Å². The summed E-state index contributed by atoms with van der Waals surface area (Å²) in [6.07, 6.45) is 0. The number of methoxy groups -OCH3 is 2. The number of benzene rings is 2. The van der Waals surface area contributed by atoms with E-state index in [4.69, 9.17) is 9.47 Å². The van der Waals surface area contributed by atoms with E-state index >= 15 is 0 Å². The molecule has 0 saturated carbocycles. The number of carbonyl (C=O) groups excluding carboxylic acids is 2. The summed E-state index contributed by atoms with van der Waals surface area (Å²) >= 11 is 0. The first-order valence-electron chi connectivity index (χ1n) is 9.27. The van der Waals surface area contributed by atoms with Gasteiger partial charge in [0.2, 0.25) is 0 Å². The van der Waals surface area contributed by atoms with E-state index in [0.717, 1.165) is 21.8 Å². The van der Waals surface area contributed by atoms with Gasteiger partial charge in [-0.3, -0.25) is 0 Å². The zero-order chi connectivity index (χ0) is 21.2. The summed E-state index contributed by atoms with van der Waals surface area (Å²) in [7, 11) is 2.56. The molecule has 0 spiro atoms. The monoisotopic (exact) mass is 392 g/mol. The normalized spacial score (nSPS) is 12.3. The summed E-state index contributed by atoms with van der Waals surface area (Å²) in [5.41, 5.74) is 1.09. The van der Waals surface area contributed by atoms with Gasteiger partial charge in [0.15, 0.2) is 6.04 Å². The molecular formula is C23H24N2O4. The van der Waals surface area contributed by atoms with Crippen molar-refractivity contribution >= 4 is 39.6 Å². The number of rotatable bonds is 4. The molecule has 0 aliphatic heterocycles. The summed E-state index contributed by atoms with van der Waals surface area (Å²) in [4.78, 5) is 29.9. The third kappa shape index (κ3) is 3.93. The van der Waals surface area contributed by atoms with E-state index < -0.39 is 23.5 Å². The van der Waals surface area contributed by atoms with Crippen molar-refractivity contribution in [3.63, 3.8) is 0 Å². The number of nitrogens with zero attached hydrogens (tertiary/aromatic N) is 2. The maximum Gasteiger partial charge on any atom is 0.346 e. The fourth-order valence-electron chi connectivity index (χ4n) is 3.25. The van der Waals surface area contributed by atoms with Crippen molar-refractivity contribution in [2.75, 3.05) is 14.2 Å². The molecule has 0 radical (unpaired) electrons. The summed E-state index contributed by atoms with van der Waals surface area (Å²) in [5.74, 6) is 1.50. The lowest BCUT2D eigenvalue weighted by Crippen LogP contribution is -2.28. The Balaban J connectivity index is 2.42. The Morgan fingerprint density at radius 2 is 1.45 bits per heavy atom. The number of carbonyl (C=O) groups is 2. The number of hydrogen-bond acceptors (Lipinski definition) is 5. The van der Waals surface area contributed by atoms with Crippen molar-refractivity contribution < 1.29 is 19.1 Å². The predicted molar refractivity (Wildman–Crippen MR) is 113 cm³/mol. The quantitative estimate of drug-likeness (QED) is 0.381. The van der Waals surface area contributed by atoms with E-state index in [2.05, 4.69) is 10.9 Å². The first-order valence-corrected chi connectivity index (χ1v) is 9.27. The molecule has 0 saturated heterocycles. The van der Waals surface area contributed by atoms with Gasteiger partial charge in [0, 0.05) is 10.8 Å². The molecule has 2 aromatic carbocycles. The molecule has 0 bridgehead atoms. The van der Waals surface area contributed by atoms with Crippen molar-refractivity contribution in [3.05, 3.63) is 54.1 Å². The molecule has 0 amide bonds. The molecule has 0 aliphatic rings. The lowest BCUT2D eigenvalue weighted by atomic mass is 10.1. The van der Waals surface area contributed by atoms with Crippen molar-refractivity contribution in [2.24, 2.45) is 4.99 Å². The van der Waals surface area contributed by atoms with E-state index in [1.165, 1.54) is 14.2 Å². The minimum absolute atomic E-state index is 0.0132. The number of hydrogen-bond donors (Lipinski definition) is 0. The average molecular weight is 392 g/mol. The van der Waals surface area contributed by atoms with Crippen LogP contribution < -0.4 is 0 Å². The molecular weight excluding hydrogens is 368 g/mol. The molecule has 0 N–H and O–H groups in total. The van der Waals surface area contributed by atoms with Crippen LogP contribution >= 0.6 is 0 Å². The number of aromatic nitrogens is 1. The fraction of sp³-hybridized carbons (Fsp3) is 0.304. The standard InChI is InChI=1S/C23H24N2O4/c1-23(2,3)24-14-17(21(26)28-4)20(22(27)29-5)25-18-12-8-6-10-15(18)16-11-7-9-13-19(16)25/h6-13,20H,1-5H3. The van der Waals surface area contributed by atoms with Crippen LogP contribution in [0.15, 0.2) is 59.1 Å². The topological polar surface area (TPSA) is 69.9 Å². The second kappa shape index (κ2) is 7.94. The number of aliphatic imine (C=N–C) groups is 1. The molecule has 0 fully saturated rings. The van der Waals surface area contributed by atoms with Crippen LogP contribution in [-0.2, 0) is 19.1 Å². The van der Waals surface area contributed by atoms with Crippen molar-refractivity contribution in [2.45, 2.75) is 32.4 Å². The smallest absolute Gasteiger partial charge is 0.346 e. The molecule has 6 nitrogen and oxygen atoms in total. The Hall–Kier alpha value is -3.37. The minimum Gasteiger partial charge on any atom is -0.467 e. The van der Waals surface area contributed by atoms with Crippen LogP contribution in [-0.4, -0.2) is 42.1 Å². The molecule has 3 aromatic rings. The summed E-state index contributed by atoms with van der Waals surface area (Å²) < 4.78 is 11.8. The summed E-state index contributed by atoms with van der Waals surface area (Å²) in [6.45, 7) is 5.63. The first kappa shape index (κ1) is 20.4. The van der Waals surface area contributed by atoms with Crippen LogP contribution in [0.2, 0.25) is 0 Å². The molecule has 29 heavy (non-hydrogen) atoms. The predicted octanol–water partition coefficient (Wildman–Crippen LogP) is 4.08. The van der Waals surface area contributed by atoms with E-state index in [9.17, 15) is 9.59 Å². The third-order valence-corrected chi connectivity index (χ3v) is 4.49. The van der Waals surface area contributed by atoms with Gasteiger partial charge in [-0.05, 0) is 38.8 Å². The van der Waals surface area contributed by atoms with Crippen LogP contribution in [0.1, 0.15) is 26.8 Å². The Morgan fingerprint density at radius 3 is 1.90 bits per heavy atom. The zero-order valence-electron chi connectivity index (χ0n) is 17.2. The SMILES string of the molecule is COC(=O)C(=C=NC(C)(C)C)C(C(=O)OC)n1c2ccccc2c2ccccc21. The van der Waals surface area contributed by atoms with Gasteiger partial charge in [-0.1, -0.05) is 36.4 Å². The molecule has 1 unspecified atom stereocenters. The van der Waals surface area contributed by atoms with E-state index in [1.54, 1.807) is 4.57 Å². The third-order valence-electron chi connectivity index (χ3n) is 4.49.